The molecule has 2 nitrogen and oxygen atoms in total. The molecule has 2 heteroatoms. The van der Waals surface area contributed by atoms with Crippen molar-refractivity contribution in [1.82, 2.24) is 4.90 Å². The van der Waals surface area contributed by atoms with Crippen molar-refractivity contribution in [3.8, 4) is 0 Å². The van der Waals surface area contributed by atoms with Gasteiger partial charge in [-0.25, -0.2) is 0 Å². The van der Waals surface area contributed by atoms with Crippen molar-refractivity contribution in [3.63, 3.8) is 0 Å². The number of hydrogen-bond donors (Lipinski definition) is 0. The molecule has 1 aliphatic heterocycles. The minimum absolute atomic E-state index is 1.00. The predicted molar refractivity (Wildman–Crippen MR) is 69.1 cm³/mol. The van der Waals surface area contributed by atoms with Crippen LogP contribution in [0.15, 0.2) is 11.8 Å². The molecule has 0 radical (unpaired) electrons. The molecule has 0 saturated carbocycles. The van der Waals surface area contributed by atoms with Crippen LogP contribution in [-0.4, -0.2) is 31.7 Å². The van der Waals surface area contributed by atoms with Crippen LogP contribution in [0.2, 0.25) is 0 Å². The van der Waals surface area contributed by atoms with E-state index < -0.39 is 0 Å². The van der Waals surface area contributed by atoms with Crippen LogP contribution in [0.1, 0.15) is 47.5 Å². The first-order chi connectivity index (χ1) is 7.22. The van der Waals surface area contributed by atoms with Crippen LogP contribution in [-0.2, 0) is 4.74 Å². The van der Waals surface area contributed by atoms with Crippen molar-refractivity contribution in [2.45, 2.75) is 47.5 Å². The lowest BCUT2D eigenvalue weighted by Crippen LogP contribution is -2.14. The number of rotatable bonds is 2. The van der Waals surface area contributed by atoms with Gasteiger partial charge in [-0.2, -0.15) is 0 Å². The van der Waals surface area contributed by atoms with Crippen LogP contribution < -0.4 is 0 Å². The fraction of sp³-hybridized carbons (Fsp3) is 0.846. The van der Waals surface area contributed by atoms with Crippen molar-refractivity contribution in [3.05, 3.63) is 11.8 Å². The van der Waals surface area contributed by atoms with Crippen LogP contribution >= 0.6 is 0 Å². The van der Waals surface area contributed by atoms with Gasteiger partial charge in [0.1, 0.15) is 0 Å². The van der Waals surface area contributed by atoms with Crippen molar-refractivity contribution in [2.24, 2.45) is 0 Å². The molecule has 0 aliphatic carbocycles. The fourth-order valence-electron chi connectivity index (χ4n) is 0.980. The van der Waals surface area contributed by atoms with Crippen molar-refractivity contribution in [2.75, 3.05) is 26.8 Å². The molecule has 1 saturated heterocycles. The Labute approximate surface area is 96.3 Å². The second-order valence-corrected chi connectivity index (χ2v) is 3.26. The van der Waals surface area contributed by atoms with E-state index in [-0.39, 0.29) is 0 Å². The third kappa shape index (κ3) is 11.4. The minimum Gasteiger partial charge on any atom is -0.381 e. The molecular weight excluding hydrogens is 186 g/mol. The van der Waals surface area contributed by atoms with Crippen LogP contribution in [0.25, 0.3) is 0 Å². The molecule has 15 heavy (non-hydrogen) atoms. The van der Waals surface area contributed by atoms with Crippen LogP contribution in [0.5, 0.6) is 0 Å². The topological polar surface area (TPSA) is 12.5 Å². The lowest BCUT2D eigenvalue weighted by atomic mass is 10.4. The van der Waals surface area contributed by atoms with E-state index in [9.17, 15) is 0 Å². The first-order valence-electron chi connectivity index (χ1n) is 6.14. The molecular formula is C13H29NO. The summed E-state index contributed by atoms with van der Waals surface area (Å²) in [6.07, 6.45) is 4.67. The molecule has 1 fully saturated rings. The second-order valence-electron chi connectivity index (χ2n) is 3.26. The minimum atomic E-state index is 1.00. The van der Waals surface area contributed by atoms with Gasteiger partial charge in [-0.1, -0.05) is 19.9 Å². The predicted octanol–water partition coefficient (Wildman–Crippen LogP) is 3.68. The Morgan fingerprint density at radius 1 is 1.27 bits per heavy atom. The molecule has 1 rings (SSSR count). The van der Waals surface area contributed by atoms with Crippen LogP contribution in [0, 0.1) is 0 Å². The largest absolute Gasteiger partial charge is 0.381 e. The number of allylic oxidation sites excluding steroid dienone is 2. The van der Waals surface area contributed by atoms with Gasteiger partial charge in [0.05, 0.1) is 0 Å². The van der Waals surface area contributed by atoms with Gasteiger partial charge in [0.15, 0.2) is 0 Å². The Balaban J connectivity index is 0. The molecule has 0 amide bonds. The Morgan fingerprint density at radius 3 is 1.87 bits per heavy atom. The van der Waals surface area contributed by atoms with Gasteiger partial charge in [-0.05, 0) is 33.6 Å². The maximum absolute atomic E-state index is 4.94. The molecule has 0 spiro atoms. The van der Waals surface area contributed by atoms with E-state index in [1.807, 2.05) is 13.8 Å². The molecule has 92 valence electrons. The first-order valence-corrected chi connectivity index (χ1v) is 6.14. The Bertz CT molecular complexity index is 132. The summed E-state index contributed by atoms with van der Waals surface area (Å²) in [6.45, 7) is 13.4. The number of nitrogens with zero attached hydrogens (tertiary/aromatic N) is 1. The summed E-state index contributed by atoms with van der Waals surface area (Å²) < 4.78 is 4.94. The lowest BCUT2D eigenvalue weighted by Gasteiger charge is -2.15. The average Bonchev–Trinajstić information content (AvgIpc) is 2.88. The third-order valence-electron chi connectivity index (χ3n) is 2.32. The maximum atomic E-state index is 4.94. The average molecular weight is 215 g/mol. The highest BCUT2D eigenvalue weighted by atomic mass is 16.5. The smallest absolute Gasteiger partial charge is 0.0466 e. The van der Waals surface area contributed by atoms with Crippen LogP contribution in [0.3, 0.4) is 0 Å². The Hall–Kier alpha value is -0.500. The molecule has 1 heterocycles. The monoisotopic (exact) mass is 215 g/mol. The first kappa shape index (κ1) is 16.9. The van der Waals surface area contributed by atoms with Crippen molar-refractivity contribution in [1.29, 1.82) is 0 Å². The molecule has 0 N–H and O–H groups in total. The molecule has 1 aliphatic rings. The standard InChI is InChI=1S/C7H15N.C4H8O.C2H6/c1-5-7(3)8(4)6-2;1-2-4-5-3-1;1-2/h5H,6H2,1-4H3;1-4H2;1-2H3/b7-5+;;. The molecule has 0 bridgehead atoms. The second kappa shape index (κ2) is 13.5. The zero-order valence-electron chi connectivity index (χ0n) is 11.5. The van der Waals surface area contributed by atoms with Crippen LogP contribution in [0.4, 0.5) is 0 Å². The van der Waals surface area contributed by atoms with E-state index in [0.717, 1.165) is 19.8 Å². The Morgan fingerprint density at radius 2 is 1.73 bits per heavy atom. The number of ether oxygens (including phenoxy) is 1. The fourth-order valence-corrected chi connectivity index (χ4v) is 0.980. The normalized spacial score (nSPS) is 14.7. The van der Waals surface area contributed by atoms with E-state index in [1.165, 1.54) is 18.5 Å². The maximum Gasteiger partial charge on any atom is 0.0466 e. The summed E-state index contributed by atoms with van der Waals surface area (Å²) in [5.41, 5.74) is 1.34. The van der Waals surface area contributed by atoms with E-state index >= 15 is 0 Å². The number of hydrogen-bond acceptors (Lipinski definition) is 2. The molecule has 0 aromatic rings. The third-order valence-corrected chi connectivity index (χ3v) is 2.32. The van der Waals surface area contributed by atoms with Gasteiger partial charge < -0.3 is 9.64 Å². The summed E-state index contributed by atoms with van der Waals surface area (Å²) >= 11 is 0. The van der Waals surface area contributed by atoms with Crippen molar-refractivity contribution >= 4 is 0 Å². The zero-order valence-corrected chi connectivity index (χ0v) is 11.5. The van der Waals surface area contributed by atoms with E-state index in [0.29, 0.717) is 0 Å². The lowest BCUT2D eigenvalue weighted by molar-refractivity contribution is 0.198. The van der Waals surface area contributed by atoms with Gasteiger partial charge in [-0.3, -0.25) is 0 Å². The Kier molecular flexibility index (Phi) is 15.2. The highest BCUT2D eigenvalue weighted by Crippen LogP contribution is 1.98. The molecule has 0 unspecified atom stereocenters. The molecule has 0 atom stereocenters. The molecule has 0 aromatic carbocycles. The zero-order chi connectivity index (χ0) is 12.1. The highest BCUT2D eigenvalue weighted by Gasteiger charge is 1.94. The summed E-state index contributed by atoms with van der Waals surface area (Å²) in [5.74, 6) is 0. The van der Waals surface area contributed by atoms with E-state index in [2.05, 4.69) is 38.8 Å². The summed E-state index contributed by atoms with van der Waals surface area (Å²) in [7, 11) is 2.09. The summed E-state index contributed by atoms with van der Waals surface area (Å²) in [6, 6.07) is 0. The van der Waals surface area contributed by atoms with Gasteiger partial charge in [0.2, 0.25) is 0 Å². The van der Waals surface area contributed by atoms with Gasteiger partial charge in [0.25, 0.3) is 0 Å². The van der Waals surface area contributed by atoms with E-state index in [1.54, 1.807) is 0 Å². The summed E-state index contributed by atoms with van der Waals surface area (Å²) in [4.78, 5) is 2.21. The van der Waals surface area contributed by atoms with Gasteiger partial charge >= 0.3 is 0 Å². The van der Waals surface area contributed by atoms with Crippen molar-refractivity contribution < 1.29 is 4.74 Å². The quantitative estimate of drug-likeness (QED) is 0.696. The van der Waals surface area contributed by atoms with Gasteiger partial charge in [-0.15, -0.1) is 0 Å². The van der Waals surface area contributed by atoms with E-state index in [4.69, 9.17) is 4.74 Å². The van der Waals surface area contributed by atoms with Gasteiger partial charge in [0, 0.05) is 32.5 Å². The highest BCUT2D eigenvalue weighted by molar-refractivity contribution is 4.92. The molecule has 0 aromatic heterocycles. The summed E-state index contributed by atoms with van der Waals surface area (Å²) in [5, 5.41) is 0. The SMILES string of the molecule is C/C=C(\C)N(C)CC.C1CCOC1.CC.